The summed E-state index contributed by atoms with van der Waals surface area (Å²) >= 11 is 0. The van der Waals surface area contributed by atoms with Gasteiger partial charge in [-0.2, -0.15) is 5.10 Å². The zero-order valence-electron chi connectivity index (χ0n) is 54.4. The van der Waals surface area contributed by atoms with Crippen LogP contribution in [0.1, 0.15) is 87.4 Å². The molecule has 0 unspecified atom stereocenters. The highest BCUT2D eigenvalue weighted by molar-refractivity contribution is 6.13. The fourth-order valence-corrected chi connectivity index (χ4v) is 11.1. The predicted octanol–water partition coefficient (Wildman–Crippen LogP) is 2.77. The van der Waals surface area contributed by atoms with Crippen LogP contribution >= 0.6 is 0 Å². The molecule has 0 bridgehead atoms. The molecule has 6 aromatic heterocycles. The Morgan fingerprint density at radius 3 is 2.24 bits per heavy atom. The van der Waals surface area contributed by atoms with Gasteiger partial charge >= 0.3 is 12.1 Å². The van der Waals surface area contributed by atoms with E-state index in [-0.39, 0.29) is 116 Å². The van der Waals surface area contributed by atoms with Gasteiger partial charge < -0.3 is 84.7 Å². The molecule has 11 N–H and O–H groups in total. The molecule has 520 valence electrons. The van der Waals surface area contributed by atoms with Crippen molar-refractivity contribution in [1.29, 1.82) is 0 Å². The normalized spacial score (nSPS) is 16.8. The van der Waals surface area contributed by atoms with E-state index in [4.69, 9.17) is 49.5 Å². The van der Waals surface area contributed by atoms with Crippen LogP contribution < -0.4 is 41.6 Å². The Bertz CT molecular complexity index is 4550. The number of pyridine rings is 2. The maximum Gasteiger partial charge on any atom is 0.409 e. The number of nitrogens with one attached hydrogen (secondary N) is 3. The Kier molecular flexibility index (Phi) is 21.4. The number of aliphatic carboxylic acids is 1. The van der Waals surface area contributed by atoms with Crippen LogP contribution in [0.15, 0.2) is 83.3 Å². The minimum Gasteiger partial charge on any atom is -0.494 e. The first-order chi connectivity index (χ1) is 47.4. The third-order valence-corrected chi connectivity index (χ3v) is 16.0. The molecule has 10 rings (SSSR count). The summed E-state index contributed by atoms with van der Waals surface area (Å²) < 4.78 is 40.0. The molecule has 0 saturated carbocycles. The maximum atomic E-state index is 14.1. The van der Waals surface area contributed by atoms with Crippen molar-refractivity contribution in [3.63, 3.8) is 0 Å². The van der Waals surface area contributed by atoms with Crippen LogP contribution in [0.25, 0.3) is 44.5 Å². The topological polar surface area (TPSA) is 468 Å². The van der Waals surface area contributed by atoms with Gasteiger partial charge in [0, 0.05) is 95.2 Å². The molecule has 99 heavy (non-hydrogen) atoms. The van der Waals surface area contributed by atoms with Crippen molar-refractivity contribution in [3.8, 4) is 28.6 Å². The van der Waals surface area contributed by atoms with Crippen LogP contribution in [-0.2, 0) is 66.1 Å². The zero-order chi connectivity index (χ0) is 71.1. The van der Waals surface area contributed by atoms with E-state index in [0.29, 0.717) is 57.7 Å². The van der Waals surface area contributed by atoms with Crippen LogP contribution in [0.2, 0.25) is 0 Å². The smallest absolute Gasteiger partial charge is 0.409 e. The lowest BCUT2D eigenvalue weighted by Crippen LogP contribution is -2.61. The molecule has 8 aromatic rings. The number of aromatic nitrogens is 8. The Balaban J connectivity index is 0.859. The third-order valence-electron chi connectivity index (χ3n) is 16.0. The van der Waals surface area contributed by atoms with Gasteiger partial charge in [0.25, 0.3) is 23.6 Å². The summed E-state index contributed by atoms with van der Waals surface area (Å²) in [4.78, 5) is 136. The molecule has 2 aromatic carbocycles. The van der Waals surface area contributed by atoms with Crippen molar-refractivity contribution >= 4 is 98.1 Å². The molecular weight excluding hydrogens is 1290 g/mol. The number of imide groups is 1. The minimum atomic E-state index is -2.03. The van der Waals surface area contributed by atoms with Crippen molar-refractivity contribution < 1.29 is 91.7 Å². The average Bonchev–Trinajstić information content (AvgIpc) is 1.60. The van der Waals surface area contributed by atoms with Crippen LogP contribution in [-0.4, -0.2) is 194 Å². The summed E-state index contributed by atoms with van der Waals surface area (Å²) in [7, 11) is 2.92. The molecule has 8 heterocycles. The number of carboxylic acid groups (broad SMARTS) is 1. The molecule has 34 heteroatoms. The number of hydrogen-bond acceptors (Lipinski definition) is 23. The number of benzene rings is 2. The second kappa shape index (κ2) is 30.2. The number of hydrogen-bond donors (Lipinski definition) is 9. The molecule has 0 aliphatic carbocycles. The van der Waals surface area contributed by atoms with Gasteiger partial charge in [0.15, 0.2) is 12.0 Å². The summed E-state index contributed by atoms with van der Waals surface area (Å²) in [6.45, 7) is 7.23. The van der Waals surface area contributed by atoms with Crippen molar-refractivity contribution in [2.75, 3.05) is 51.0 Å². The maximum absolute atomic E-state index is 14.1. The Morgan fingerprint density at radius 2 is 1.55 bits per heavy atom. The number of carboxylic acids is 1. The van der Waals surface area contributed by atoms with Gasteiger partial charge in [0.05, 0.1) is 47.7 Å². The van der Waals surface area contributed by atoms with Crippen LogP contribution in [0.4, 0.5) is 16.4 Å². The highest BCUT2D eigenvalue weighted by Gasteiger charge is 2.48. The number of methoxy groups -OCH3 is 1. The number of imidazole rings is 1. The first-order valence-corrected chi connectivity index (χ1v) is 31.2. The fraction of sp³-hybridized carbons (Fsp3) is 0.354. The molecule has 0 spiro atoms. The number of oxazole rings is 1. The number of allylic oxidation sites excluding steroid dienone is 2. The molecule has 1 fully saturated rings. The van der Waals surface area contributed by atoms with Gasteiger partial charge in [-0.05, 0) is 74.7 Å². The molecular formula is C65H71N15O19. The number of aliphatic hydroxyl groups excluding tert-OH is 3. The largest absolute Gasteiger partial charge is 0.494 e. The number of nitrogens with zero attached hydrogens (tertiary/aromatic N) is 10. The van der Waals surface area contributed by atoms with Crippen molar-refractivity contribution in [3.05, 3.63) is 119 Å². The van der Waals surface area contributed by atoms with Gasteiger partial charge in [-0.3, -0.25) is 48.5 Å². The predicted molar refractivity (Wildman–Crippen MR) is 349 cm³/mol. The second-order valence-corrected chi connectivity index (χ2v) is 22.9. The number of nitrogens with two attached hydrogens (primary N) is 2. The van der Waals surface area contributed by atoms with Crippen molar-refractivity contribution in [2.24, 2.45) is 11.5 Å². The van der Waals surface area contributed by atoms with Crippen molar-refractivity contribution in [1.82, 2.24) is 54.0 Å². The number of rotatable bonds is 29. The molecule has 34 nitrogen and oxygen atoms in total. The van der Waals surface area contributed by atoms with E-state index in [9.17, 15) is 63.6 Å². The lowest BCUT2D eigenvalue weighted by molar-refractivity contribution is -0.271. The molecule has 5 atom stereocenters. The van der Waals surface area contributed by atoms with E-state index in [1.54, 1.807) is 17.6 Å². The number of amides is 8. The molecule has 0 radical (unpaired) electrons. The van der Waals surface area contributed by atoms with E-state index < -0.39 is 90.7 Å². The van der Waals surface area contributed by atoms with Crippen LogP contribution in [0.5, 0.6) is 17.2 Å². The van der Waals surface area contributed by atoms with Crippen LogP contribution in [0, 0.1) is 13.8 Å². The second-order valence-electron chi connectivity index (χ2n) is 22.9. The quantitative estimate of drug-likeness (QED) is 0.0185. The minimum absolute atomic E-state index is 0.0153. The lowest BCUT2D eigenvalue weighted by Gasteiger charge is -2.38. The first-order valence-electron chi connectivity index (χ1n) is 31.2. The Morgan fingerprint density at radius 1 is 0.798 bits per heavy atom. The highest BCUT2D eigenvalue weighted by atomic mass is 16.7. The van der Waals surface area contributed by atoms with E-state index in [1.165, 1.54) is 55.5 Å². The van der Waals surface area contributed by atoms with Crippen molar-refractivity contribution in [2.45, 2.75) is 110 Å². The zero-order valence-corrected chi connectivity index (χ0v) is 54.4. The summed E-state index contributed by atoms with van der Waals surface area (Å²) in [6.07, 6.45) is -4.98. The Labute approximate surface area is 562 Å². The number of fused-ring (bicyclic) bond motifs is 4. The number of aliphatic hydroxyl groups is 3. The third kappa shape index (κ3) is 15.5. The monoisotopic (exact) mass is 1370 g/mol. The number of anilines is 2. The number of carbonyl (C=O) groups excluding carboxylic acids is 8. The van der Waals surface area contributed by atoms with Gasteiger partial charge in [0.1, 0.15) is 70.1 Å². The molecule has 1 saturated heterocycles. The lowest BCUT2D eigenvalue weighted by atomic mass is 9.99. The average molecular weight is 1370 g/mol. The number of primary amides is 2. The number of aryl methyl sites for hydroxylation is 4. The van der Waals surface area contributed by atoms with E-state index in [1.807, 2.05) is 54.3 Å². The standard InChI is InChI=1S/C65H71N15O19/c1-7-37-56(97-33(4)69-37)61(90)74-64-73-40-28-35(58(66)88)29-45(51(40)79(64)23-10-9-22-78-52-44(94-6)30-41(59(67)89)71-50(52)36-13-14-38(72-60(36)78)42-26-32(3)75-80(42)8-2)95-25-11-21-76(5)65(93)96-31-34-12-15-43(98-63-55(87)53(85)54(86)57(99-63)62(91)92)39(27-34)70-47(82)18-20-68-46(81)19-24-77-48(83)16-17-49(77)84/h9-10,12-17,26-30,53-55,57,63,85-87H,7-8,11,18-25,31H2,1-6H3,(H2,66,88)(H2,67,89)(H,68,81)(H,70,82)(H,91,92)(H,73,74,90)/b10-9+/t53-,54-,55+,57-,63+/m0/s1. The van der Waals surface area contributed by atoms with Gasteiger partial charge in [0.2, 0.25) is 35.7 Å². The number of ether oxygens (including phenoxy) is 5. The van der Waals surface area contributed by atoms with Gasteiger partial charge in [-0.25, -0.2) is 29.5 Å². The molecule has 8 amide bonds. The van der Waals surface area contributed by atoms with Crippen LogP contribution in [0.3, 0.4) is 0 Å². The molecule has 2 aliphatic rings. The number of carbonyl (C=O) groups is 9. The fourth-order valence-electron chi connectivity index (χ4n) is 11.1. The van der Waals surface area contributed by atoms with E-state index in [2.05, 4.69) is 31.0 Å². The highest BCUT2D eigenvalue weighted by Crippen LogP contribution is 2.37. The molecule has 2 aliphatic heterocycles. The SMILES string of the molecule is CCc1nc(C)oc1C(=O)Nc1nc2cc(C(N)=O)cc(OCCCN(C)C(=O)OCc3ccc(O[C@@H]4O[C@H](C(=O)O)[C@@H](O)[C@H](O)[C@H]4O)c(NC(=O)CCNC(=O)CCN4C(=O)C=CC4=O)c3)c2n1C/C=C/Cn1c2nc(-c3cc(C)nn3CC)ccc2c2nc(C(N)=O)cc(OC)c21. The summed E-state index contributed by atoms with van der Waals surface area (Å²) in [5.41, 5.74) is 16.3. The van der Waals surface area contributed by atoms with Gasteiger partial charge in [-0.1, -0.05) is 25.1 Å². The van der Waals surface area contributed by atoms with E-state index >= 15 is 0 Å². The Hall–Kier alpha value is -11.6. The summed E-state index contributed by atoms with van der Waals surface area (Å²) in [5, 5.41) is 54.2. The van der Waals surface area contributed by atoms with Gasteiger partial charge in [-0.15, -0.1) is 0 Å². The first kappa shape index (κ1) is 70.2. The summed E-state index contributed by atoms with van der Waals surface area (Å²) in [6, 6.07) is 14.0. The van der Waals surface area contributed by atoms with E-state index in [0.717, 1.165) is 28.4 Å². The summed E-state index contributed by atoms with van der Waals surface area (Å²) in [5.74, 6) is -5.85.